The van der Waals surface area contributed by atoms with Crippen LogP contribution in [0.1, 0.15) is 56.7 Å². The molecule has 2 rings (SSSR count). The zero-order chi connectivity index (χ0) is 21.1. The fourth-order valence-corrected chi connectivity index (χ4v) is 3.40. The Morgan fingerprint density at radius 3 is 2.14 bits per heavy atom. The van der Waals surface area contributed by atoms with E-state index in [1.54, 1.807) is 4.90 Å². The van der Waals surface area contributed by atoms with Crippen LogP contribution in [-0.2, 0) is 29.0 Å². The van der Waals surface area contributed by atoms with Crippen molar-refractivity contribution in [3.8, 4) is 0 Å². The molecule has 0 aliphatic carbocycles. The highest BCUT2D eigenvalue weighted by atomic mass is 16.2. The maximum absolute atomic E-state index is 13.2. The van der Waals surface area contributed by atoms with Gasteiger partial charge in [-0.15, -0.1) is 0 Å². The van der Waals surface area contributed by atoms with Crippen molar-refractivity contribution >= 4 is 11.8 Å². The lowest BCUT2D eigenvalue weighted by Gasteiger charge is -2.30. The maximum Gasteiger partial charge on any atom is 0.242 e. The third-order valence-corrected chi connectivity index (χ3v) is 5.19. The van der Waals surface area contributed by atoms with Gasteiger partial charge in [-0.25, -0.2) is 0 Å². The highest BCUT2D eigenvalue weighted by Gasteiger charge is 2.28. The van der Waals surface area contributed by atoms with Crippen molar-refractivity contribution in [1.82, 2.24) is 10.2 Å². The van der Waals surface area contributed by atoms with Crippen LogP contribution in [0.15, 0.2) is 54.6 Å². The molecule has 2 aromatic rings. The molecular weight excluding hydrogens is 360 g/mol. The average Bonchev–Trinajstić information content (AvgIpc) is 2.76. The molecule has 156 valence electrons. The largest absolute Gasteiger partial charge is 0.354 e. The van der Waals surface area contributed by atoms with E-state index in [0.717, 1.165) is 24.0 Å². The van der Waals surface area contributed by atoms with Gasteiger partial charge in [-0.2, -0.15) is 0 Å². The number of nitrogens with zero attached hydrogens (tertiary/aromatic N) is 1. The summed E-state index contributed by atoms with van der Waals surface area (Å²) in [6.45, 7) is 7.20. The first kappa shape index (κ1) is 22.7. The van der Waals surface area contributed by atoms with Gasteiger partial charge in [0.05, 0.1) is 0 Å². The van der Waals surface area contributed by atoms with Gasteiger partial charge in [-0.05, 0) is 42.4 Å². The third-order valence-electron chi connectivity index (χ3n) is 5.19. The fraction of sp³-hybridized carbons (Fsp3) is 0.440. The van der Waals surface area contributed by atoms with Gasteiger partial charge in [-0.1, -0.05) is 75.4 Å². The van der Waals surface area contributed by atoms with Crippen LogP contribution in [0.5, 0.6) is 0 Å². The van der Waals surface area contributed by atoms with Gasteiger partial charge in [0.1, 0.15) is 6.04 Å². The zero-order valence-corrected chi connectivity index (χ0v) is 18.0. The predicted molar refractivity (Wildman–Crippen MR) is 119 cm³/mol. The van der Waals surface area contributed by atoms with Gasteiger partial charge in [0, 0.05) is 19.5 Å². The molecule has 0 unspecified atom stereocenters. The number of benzene rings is 2. The number of carbonyl (C=O) groups excluding carboxylic acids is 2. The quantitative estimate of drug-likeness (QED) is 0.609. The molecule has 1 atom stereocenters. The maximum atomic E-state index is 13.2. The van der Waals surface area contributed by atoms with Gasteiger partial charge in [0.2, 0.25) is 11.8 Å². The van der Waals surface area contributed by atoms with Crippen molar-refractivity contribution in [2.75, 3.05) is 6.54 Å². The summed E-state index contributed by atoms with van der Waals surface area (Å²) in [5.74, 6) is -0.0437. The highest BCUT2D eigenvalue weighted by Crippen LogP contribution is 2.15. The van der Waals surface area contributed by atoms with E-state index in [1.165, 1.54) is 5.56 Å². The minimum atomic E-state index is -0.447. The predicted octanol–water partition coefficient (Wildman–Crippen LogP) is 4.52. The number of amides is 2. The molecule has 0 heterocycles. The number of aryl methyl sites for hydroxylation is 2. The highest BCUT2D eigenvalue weighted by molar-refractivity contribution is 5.87. The number of rotatable bonds is 11. The second kappa shape index (κ2) is 12.1. The Hall–Kier alpha value is -2.62. The van der Waals surface area contributed by atoms with Gasteiger partial charge < -0.3 is 10.2 Å². The van der Waals surface area contributed by atoms with Crippen LogP contribution in [0.4, 0.5) is 0 Å². The molecular formula is C25H34N2O2. The van der Waals surface area contributed by atoms with Gasteiger partial charge in [0.25, 0.3) is 0 Å². The second-order valence-corrected chi connectivity index (χ2v) is 7.39. The van der Waals surface area contributed by atoms with Crippen LogP contribution in [-0.4, -0.2) is 29.3 Å². The molecule has 4 nitrogen and oxygen atoms in total. The smallest absolute Gasteiger partial charge is 0.242 e. The molecule has 0 aliphatic heterocycles. The van der Waals surface area contributed by atoms with Gasteiger partial charge in [0.15, 0.2) is 0 Å². The minimum Gasteiger partial charge on any atom is -0.354 e. The zero-order valence-electron chi connectivity index (χ0n) is 18.0. The SMILES string of the molecule is CCCNC(=O)[C@@H](CC)N(Cc1ccccc1)C(=O)CCc1ccc(CC)cc1. The van der Waals surface area contributed by atoms with Gasteiger partial charge in [-0.3, -0.25) is 9.59 Å². The van der Waals surface area contributed by atoms with E-state index in [9.17, 15) is 9.59 Å². The number of nitrogens with one attached hydrogen (secondary N) is 1. The Morgan fingerprint density at radius 1 is 0.897 bits per heavy atom. The summed E-state index contributed by atoms with van der Waals surface area (Å²) in [6, 6.07) is 17.9. The first-order chi connectivity index (χ1) is 14.1. The summed E-state index contributed by atoms with van der Waals surface area (Å²) in [7, 11) is 0. The number of carbonyl (C=O) groups is 2. The van der Waals surface area contributed by atoms with Crippen LogP contribution in [0.25, 0.3) is 0 Å². The normalized spacial score (nSPS) is 11.7. The Morgan fingerprint density at radius 2 is 1.55 bits per heavy atom. The minimum absolute atomic E-state index is 0.0203. The van der Waals surface area contributed by atoms with Crippen LogP contribution >= 0.6 is 0 Å². The first-order valence-corrected chi connectivity index (χ1v) is 10.8. The molecule has 0 saturated carbocycles. The average molecular weight is 395 g/mol. The summed E-state index contributed by atoms with van der Waals surface area (Å²) >= 11 is 0. The van der Waals surface area contributed by atoms with Crippen molar-refractivity contribution in [3.63, 3.8) is 0 Å². The van der Waals surface area contributed by atoms with Gasteiger partial charge >= 0.3 is 0 Å². The third kappa shape index (κ3) is 7.04. The summed E-state index contributed by atoms with van der Waals surface area (Å²) in [6.07, 6.45) is 3.56. The summed E-state index contributed by atoms with van der Waals surface area (Å²) in [5.41, 5.74) is 3.48. The van der Waals surface area contributed by atoms with E-state index < -0.39 is 6.04 Å². The molecule has 0 bridgehead atoms. The molecule has 0 aliphatic rings. The Labute approximate surface area is 175 Å². The standard InChI is InChI=1S/C25H34N2O2/c1-4-18-26-25(29)23(6-3)27(19-22-10-8-7-9-11-22)24(28)17-16-21-14-12-20(5-2)13-15-21/h7-15,23H,4-6,16-19H2,1-3H3,(H,26,29)/t23-/m1/s1. The van der Waals surface area contributed by atoms with E-state index in [1.807, 2.05) is 44.2 Å². The Bertz CT molecular complexity index is 756. The van der Waals surface area contributed by atoms with E-state index in [-0.39, 0.29) is 11.8 Å². The molecule has 0 fully saturated rings. The molecule has 0 saturated heterocycles. The van der Waals surface area contributed by atoms with E-state index in [2.05, 4.69) is 36.5 Å². The van der Waals surface area contributed by atoms with Crippen molar-refractivity contribution < 1.29 is 9.59 Å². The van der Waals surface area contributed by atoms with Crippen LogP contribution in [0.3, 0.4) is 0 Å². The topological polar surface area (TPSA) is 49.4 Å². The lowest BCUT2D eigenvalue weighted by molar-refractivity contribution is -0.141. The summed E-state index contributed by atoms with van der Waals surface area (Å²) < 4.78 is 0. The number of hydrogen-bond donors (Lipinski definition) is 1. The molecule has 2 aromatic carbocycles. The van der Waals surface area contributed by atoms with Crippen molar-refractivity contribution in [1.29, 1.82) is 0 Å². The van der Waals surface area contributed by atoms with Crippen molar-refractivity contribution in [2.45, 2.75) is 65.5 Å². The summed E-state index contributed by atoms with van der Waals surface area (Å²) in [4.78, 5) is 27.6. The monoisotopic (exact) mass is 394 g/mol. The molecule has 0 spiro atoms. The van der Waals surface area contributed by atoms with Crippen LogP contribution in [0, 0.1) is 0 Å². The van der Waals surface area contributed by atoms with Crippen LogP contribution in [0.2, 0.25) is 0 Å². The van der Waals surface area contributed by atoms with Crippen molar-refractivity contribution in [2.24, 2.45) is 0 Å². The lowest BCUT2D eigenvalue weighted by Crippen LogP contribution is -2.49. The van der Waals surface area contributed by atoms with Crippen molar-refractivity contribution in [3.05, 3.63) is 71.3 Å². The number of hydrogen-bond acceptors (Lipinski definition) is 2. The molecule has 1 N–H and O–H groups in total. The first-order valence-electron chi connectivity index (χ1n) is 10.8. The summed E-state index contributed by atoms with van der Waals surface area (Å²) in [5, 5.41) is 2.96. The van der Waals surface area contributed by atoms with Crippen LogP contribution < -0.4 is 5.32 Å². The molecule has 2 amide bonds. The van der Waals surface area contributed by atoms with E-state index in [0.29, 0.717) is 32.4 Å². The van der Waals surface area contributed by atoms with E-state index in [4.69, 9.17) is 0 Å². The Balaban J connectivity index is 2.13. The molecule has 0 aromatic heterocycles. The Kier molecular flexibility index (Phi) is 9.42. The second-order valence-electron chi connectivity index (χ2n) is 7.39. The fourth-order valence-electron chi connectivity index (χ4n) is 3.40. The molecule has 29 heavy (non-hydrogen) atoms. The molecule has 4 heteroatoms. The van der Waals surface area contributed by atoms with E-state index >= 15 is 0 Å². The molecule has 0 radical (unpaired) electrons. The lowest BCUT2D eigenvalue weighted by atomic mass is 10.0.